The molecule has 2 rings (SSSR count). The molecule has 1 amide bonds. The van der Waals surface area contributed by atoms with Gasteiger partial charge in [-0.15, -0.1) is 0 Å². The summed E-state index contributed by atoms with van der Waals surface area (Å²) in [6.45, 7) is 3.75. The number of nitrogens with one attached hydrogen (secondary N) is 1. The highest BCUT2D eigenvalue weighted by molar-refractivity contribution is 5.79. The molecule has 5 nitrogen and oxygen atoms in total. The van der Waals surface area contributed by atoms with Crippen molar-refractivity contribution in [1.29, 1.82) is 0 Å². The zero-order chi connectivity index (χ0) is 14.7. The first-order valence-corrected chi connectivity index (χ1v) is 7.37. The Balaban J connectivity index is 1.93. The van der Waals surface area contributed by atoms with Gasteiger partial charge in [-0.2, -0.15) is 0 Å². The van der Waals surface area contributed by atoms with E-state index in [9.17, 15) is 4.79 Å². The Morgan fingerprint density at radius 2 is 2.00 bits per heavy atom. The first kappa shape index (κ1) is 15.0. The average Bonchev–Trinajstić information content (AvgIpc) is 2.78. The largest absolute Gasteiger partial charge is 0.361 e. The van der Waals surface area contributed by atoms with E-state index in [1.807, 2.05) is 32.8 Å². The number of amides is 1. The monoisotopic (exact) mass is 279 g/mol. The van der Waals surface area contributed by atoms with Gasteiger partial charge < -0.3 is 14.7 Å². The van der Waals surface area contributed by atoms with Crippen molar-refractivity contribution in [3.05, 3.63) is 17.0 Å². The van der Waals surface area contributed by atoms with Gasteiger partial charge in [-0.25, -0.2) is 0 Å². The molecule has 1 fully saturated rings. The maximum Gasteiger partial charge on any atom is 0.227 e. The lowest BCUT2D eigenvalue weighted by Crippen LogP contribution is -2.43. The van der Waals surface area contributed by atoms with Crippen LogP contribution in [0.2, 0.25) is 0 Å². The molecule has 0 bridgehead atoms. The second-order valence-electron chi connectivity index (χ2n) is 5.78. The number of aromatic nitrogens is 1. The molecule has 5 heteroatoms. The van der Waals surface area contributed by atoms with Crippen LogP contribution in [0.25, 0.3) is 0 Å². The molecule has 0 atom stereocenters. The molecule has 0 unspecified atom stereocenters. The van der Waals surface area contributed by atoms with Crippen LogP contribution in [0, 0.1) is 13.8 Å². The summed E-state index contributed by atoms with van der Waals surface area (Å²) in [4.78, 5) is 14.3. The Kier molecular flexibility index (Phi) is 4.81. The van der Waals surface area contributed by atoms with Crippen molar-refractivity contribution in [2.45, 2.75) is 58.0 Å². The average molecular weight is 279 g/mol. The minimum absolute atomic E-state index is 0.160. The maximum atomic E-state index is 12.4. The molecule has 0 aromatic carbocycles. The van der Waals surface area contributed by atoms with Gasteiger partial charge in [0.1, 0.15) is 5.76 Å². The fourth-order valence-corrected chi connectivity index (χ4v) is 2.99. The fraction of sp³-hybridized carbons (Fsp3) is 0.733. The summed E-state index contributed by atoms with van der Waals surface area (Å²) in [7, 11) is 3.93. The van der Waals surface area contributed by atoms with Gasteiger partial charge in [0, 0.05) is 24.7 Å². The zero-order valence-corrected chi connectivity index (χ0v) is 12.9. The lowest BCUT2D eigenvalue weighted by molar-refractivity contribution is -0.131. The van der Waals surface area contributed by atoms with Crippen molar-refractivity contribution in [3.63, 3.8) is 0 Å². The third-order valence-corrected chi connectivity index (χ3v) is 4.56. The van der Waals surface area contributed by atoms with Crippen LogP contribution in [0.1, 0.15) is 42.7 Å². The van der Waals surface area contributed by atoms with Gasteiger partial charge in [0.15, 0.2) is 0 Å². The Bertz CT molecular complexity index is 442. The first-order valence-electron chi connectivity index (χ1n) is 7.37. The van der Waals surface area contributed by atoms with Gasteiger partial charge in [0.05, 0.1) is 12.1 Å². The zero-order valence-electron chi connectivity index (χ0n) is 12.9. The molecule has 20 heavy (non-hydrogen) atoms. The summed E-state index contributed by atoms with van der Waals surface area (Å²) >= 11 is 0. The lowest BCUT2D eigenvalue weighted by Gasteiger charge is -2.34. The van der Waals surface area contributed by atoms with Crippen LogP contribution in [-0.4, -0.2) is 42.1 Å². The smallest absolute Gasteiger partial charge is 0.227 e. The van der Waals surface area contributed by atoms with Crippen LogP contribution in [0.5, 0.6) is 0 Å². The Morgan fingerprint density at radius 1 is 1.35 bits per heavy atom. The number of rotatable bonds is 4. The molecule has 1 aromatic rings. The Morgan fingerprint density at radius 3 is 2.50 bits per heavy atom. The molecule has 1 heterocycles. The highest BCUT2D eigenvalue weighted by Gasteiger charge is 2.26. The van der Waals surface area contributed by atoms with Crippen LogP contribution in [0.15, 0.2) is 4.52 Å². The van der Waals surface area contributed by atoms with Crippen molar-refractivity contribution in [2.75, 3.05) is 14.1 Å². The predicted octanol–water partition coefficient (Wildman–Crippen LogP) is 1.82. The third-order valence-electron chi connectivity index (χ3n) is 4.56. The fourth-order valence-electron chi connectivity index (χ4n) is 2.99. The van der Waals surface area contributed by atoms with Gasteiger partial charge in [0.2, 0.25) is 5.91 Å². The summed E-state index contributed by atoms with van der Waals surface area (Å²) in [6.07, 6.45) is 4.84. The SMILES string of the molecule is CNC1CCC(N(C)C(=O)Cc2c(C)noc2C)CC1. The van der Waals surface area contributed by atoms with E-state index in [2.05, 4.69) is 10.5 Å². The van der Waals surface area contributed by atoms with Crippen molar-refractivity contribution < 1.29 is 9.32 Å². The van der Waals surface area contributed by atoms with Crippen LogP contribution < -0.4 is 5.32 Å². The number of carbonyl (C=O) groups excluding carboxylic acids is 1. The summed E-state index contributed by atoms with van der Waals surface area (Å²) in [5.74, 6) is 0.912. The number of hydrogen-bond donors (Lipinski definition) is 1. The quantitative estimate of drug-likeness (QED) is 0.913. The van der Waals surface area contributed by atoms with Crippen molar-refractivity contribution in [2.24, 2.45) is 0 Å². The first-order chi connectivity index (χ1) is 9.52. The summed E-state index contributed by atoms with van der Waals surface area (Å²) < 4.78 is 5.12. The van der Waals surface area contributed by atoms with Crippen LogP contribution in [-0.2, 0) is 11.2 Å². The van der Waals surface area contributed by atoms with Crippen molar-refractivity contribution in [3.8, 4) is 0 Å². The van der Waals surface area contributed by atoms with Crippen molar-refractivity contribution >= 4 is 5.91 Å². The van der Waals surface area contributed by atoms with E-state index >= 15 is 0 Å². The lowest BCUT2D eigenvalue weighted by atomic mass is 9.90. The van der Waals surface area contributed by atoms with Crippen LogP contribution >= 0.6 is 0 Å². The number of nitrogens with zero attached hydrogens (tertiary/aromatic N) is 2. The van der Waals surface area contributed by atoms with Gasteiger partial charge in [-0.3, -0.25) is 4.79 Å². The van der Waals surface area contributed by atoms with Gasteiger partial charge in [-0.1, -0.05) is 5.16 Å². The molecule has 0 saturated heterocycles. The van der Waals surface area contributed by atoms with E-state index in [-0.39, 0.29) is 5.91 Å². The summed E-state index contributed by atoms with van der Waals surface area (Å²) in [5, 5.41) is 7.23. The third kappa shape index (κ3) is 3.20. The van der Waals surface area contributed by atoms with Crippen molar-refractivity contribution in [1.82, 2.24) is 15.4 Å². The molecule has 112 valence electrons. The van der Waals surface area contributed by atoms with Crippen LogP contribution in [0.3, 0.4) is 0 Å². The number of carbonyl (C=O) groups is 1. The second kappa shape index (κ2) is 6.39. The van der Waals surface area contributed by atoms with Gasteiger partial charge in [0.25, 0.3) is 0 Å². The standard InChI is InChI=1S/C15H25N3O2/c1-10-14(11(2)20-17-10)9-15(19)18(4)13-7-5-12(16-3)6-8-13/h12-13,16H,5-9H2,1-4H3. The molecule has 0 radical (unpaired) electrons. The molecular formula is C15H25N3O2. The number of aryl methyl sites for hydroxylation is 2. The molecule has 0 spiro atoms. The van der Waals surface area contributed by atoms with Gasteiger partial charge >= 0.3 is 0 Å². The Labute approximate surface area is 120 Å². The highest BCUT2D eigenvalue weighted by Crippen LogP contribution is 2.23. The Hall–Kier alpha value is -1.36. The second-order valence-corrected chi connectivity index (χ2v) is 5.78. The van der Waals surface area contributed by atoms with E-state index in [0.29, 0.717) is 18.5 Å². The topological polar surface area (TPSA) is 58.4 Å². The number of hydrogen-bond acceptors (Lipinski definition) is 4. The molecule has 1 aliphatic carbocycles. The van der Waals surface area contributed by atoms with E-state index in [4.69, 9.17) is 4.52 Å². The predicted molar refractivity (Wildman–Crippen MR) is 77.6 cm³/mol. The van der Waals surface area contributed by atoms with E-state index in [1.54, 1.807) is 0 Å². The minimum atomic E-state index is 0.160. The van der Waals surface area contributed by atoms with Crippen LogP contribution in [0.4, 0.5) is 0 Å². The van der Waals surface area contributed by atoms with Gasteiger partial charge in [-0.05, 0) is 46.6 Å². The molecule has 1 aliphatic rings. The summed E-state index contributed by atoms with van der Waals surface area (Å²) in [6, 6.07) is 0.977. The normalized spacial score (nSPS) is 22.8. The van der Waals surface area contributed by atoms with E-state index in [1.165, 1.54) is 0 Å². The molecular weight excluding hydrogens is 254 g/mol. The molecule has 0 aliphatic heterocycles. The number of likely N-dealkylation sites (N-methyl/N-ethyl adjacent to an activating group) is 1. The maximum absolute atomic E-state index is 12.4. The minimum Gasteiger partial charge on any atom is -0.361 e. The van der Waals surface area contributed by atoms with E-state index in [0.717, 1.165) is 42.7 Å². The molecule has 1 N–H and O–H groups in total. The summed E-state index contributed by atoms with van der Waals surface area (Å²) in [5.41, 5.74) is 1.76. The molecule has 1 saturated carbocycles. The van der Waals surface area contributed by atoms with E-state index < -0.39 is 0 Å². The molecule has 1 aromatic heterocycles. The highest BCUT2D eigenvalue weighted by atomic mass is 16.5.